The molecule has 1 saturated heterocycles. The third-order valence-corrected chi connectivity index (χ3v) is 3.40. The van der Waals surface area contributed by atoms with Gasteiger partial charge >= 0.3 is 6.09 Å². The molecule has 1 aromatic carbocycles. The Hall–Kier alpha value is -1.88. The first-order valence-electron chi connectivity index (χ1n) is 7.35. The van der Waals surface area contributed by atoms with Crippen LogP contribution in [0.25, 0.3) is 0 Å². The van der Waals surface area contributed by atoms with E-state index in [2.05, 4.69) is 0 Å². The fraction of sp³-hybridized carbons (Fsp3) is 0.500. The Bertz CT molecular complexity index is 474. The van der Waals surface area contributed by atoms with Gasteiger partial charge in [0.05, 0.1) is 19.8 Å². The molecule has 1 heterocycles. The molecule has 1 fully saturated rings. The number of Topliss-reactive ketones (excluding diaryl/α,β-unsaturated/α-hetero) is 1. The summed E-state index contributed by atoms with van der Waals surface area (Å²) in [6, 6.07) is 8.99. The van der Waals surface area contributed by atoms with E-state index in [1.165, 1.54) is 0 Å². The van der Waals surface area contributed by atoms with Crippen molar-refractivity contribution >= 4 is 11.9 Å². The Balaban J connectivity index is 1.91. The van der Waals surface area contributed by atoms with Crippen LogP contribution < -0.4 is 0 Å². The number of carbonyl (C=O) groups excluding carboxylic acids is 2. The minimum absolute atomic E-state index is 0.0957. The third kappa shape index (κ3) is 4.29. The van der Waals surface area contributed by atoms with E-state index in [-0.39, 0.29) is 18.4 Å². The van der Waals surface area contributed by atoms with Gasteiger partial charge in [0.25, 0.3) is 0 Å². The van der Waals surface area contributed by atoms with Crippen LogP contribution in [0.5, 0.6) is 0 Å². The molecule has 5 heteroatoms. The quantitative estimate of drug-likeness (QED) is 0.618. The Morgan fingerprint density at radius 1 is 1.33 bits per heavy atom. The van der Waals surface area contributed by atoms with Gasteiger partial charge in [-0.1, -0.05) is 43.7 Å². The first-order chi connectivity index (χ1) is 10.2. The van der Waals surface area contributed by atoms with E-state index in [0.29, 0.717) is 25.3 Å². The van der Waals surface area contributed by atoms with Crippen LogP contribution >= 0.6 is 0 Å². The van der Waals surface area contributed by atoms with Gasteiger partial charge in [-0.3, -0.25) is 4.79 Å². The fourth-order valence-electron chi connectivity index (χ4n) is 2.16. The number of carbonyl (C=O) groups is 2. The van der Waals surface area contributed by atoms with Crippen molar-refractivity contribution in [2.24, 2.45) is 0 Å². The molecule has 0 saturated carbocycles. The Morgan fingerprint density at radius 2 is 2.10 bits per heavy atom. The SMILES string of the molecule is CCCCOC(=O)N1CCO[C@H](C(=O)c2ccccc2)C1. The molecule has 1 atom stereocenters. The van der Waals surface area contributed by atoms with Crippen LogP contribution in [-0.2, 0) is 9.47 Å². The molecule has 114 valence electrons. The highest BCUT2D eigenvalue weighted by molar-refractivity contribution is 5.99. The van der Waals surface area contributed by atoms with Crippen molar-refractivity contribution in [2.75, 3.05) is 26.3 Å². The number of amides is 1. The molecule has 21 heavy (non-hydrogen) atoms. The van der Waals surface area contributed by atoms with E-state index in [1.807, 2.05) is 25.1 Å². The second-order valence-electron chi connectivity index (χ2n) is 5.00. The number of hydrogen-bond donors (Lipinski definition) is 0. The van der Waals surface area contributed by atoms with Crippen LogP contribution in [0.3, 0.4) is 0 Å². The summed E-state index contributed by atoms with van der Waals surface area (Å²) in [7, 11) is 0. The van der Waals surface area contributed by atoms with Gasteiger partial charge < -0.3 is 14.4 Å². The van der Waals surface area contributed by atoms with Crippen molar-refractivity contribution in [1.82, 2.24) is 4.90 Å². The zero-order valence-corrected chi connectivity index (χ0v) is 12.3. The smallest absolute Gasteiger partial charge is 0.409 e. The van der Waals surface area contributed by atoms with Crippen molar-refractivity contribution in [3.05, 3.63) is 35.9 Å². The minimum atomic E-state index is -0.611. The standard InChI is InChI=1S/C16H21NO4/c1-2-3-10-21-16(19)17-9-11-20-14(12-17)15(18)13-7-5-4-6-8-13/h4-8,14H,2-3,9-12H2,1H3/t14-/m0/s1. The molecule has 0 spiro atoms. The van der Waals surface area contributed by atoms with E-state index >= 15 is 0 Å². The molecule has 1 amide bonds. The number of morpholine rings is 1. The van der Waals surface area contributed by atoms with Crippen LogP contribution in [0.1, 0.15) is 30.1 Å². The summed E-state index contributed by atoms with van der Waals surface area (Å²) in [6.07, 6.45) is 0.853. The zero-order valence-electron chi connectivity index (χ0n) is 12.3. The lowest BCUT2D eigenvalue weighted by molar-refractivity contribution is -0.0164. The summed E-state index contributed by atoms with van der Waals surface area (Å²) >= 11 is 0. The minimum Gasteiger partial charge on any atom is -0.449 e. The average Bonchev–Trinajstić information content (AvgIpc) is 2.55. The molecule has 0 unspecified atom stereocenters. The lowest BCUT2D eigenvalue weighted by atomic mass is 10.1. The number of unbranched alkanes of at least 4 members (excludes halogenated alkanes) is 1. The maximum atomic E-state index is 12.3. The van der Waals surface area contributed by atoms with Crippen molar-refractivity contribution in [3.63, 3.8) is 0 Å². The lowest BCUT2D eigenvalue weighted by Crippen LogP contribution is -2.48. The molecular formula is C16H21NO4. The Kier molecular flexibility index (Phi) is 5.75. The largest absolute Gasteiger partial charge is 0.449 e. The molecule has 0 bridgehead atoms. The number of benzene rings is 1. The normalized spacial score (nSPS) is 18.3. The van der Waals surface area contributed by atoms with Crippen LogP contribution in [0, 0.1) is 0 Å². The molecule has 1 aromatic rings. The highest BCUT2D eigenvalue weighted by Gasteiger charge is 2.30. The number of nitrogens with zero attached hydrogens (tertiary/aromatic N) is 1. The summed E-state index contributed by atoms with van der Waals surface area (Å²) in [6.45, 7) is 3.52. The molecular weight excluding hydrogens is 270 g/mol. The summed E-state index contributed by atoms with van der Waals surface area (Å²) in [4.78, 5) is 25.8. The van der Waals surface area contributed by atoms with E-state index < -0.39 is 6.10 Å². The van der Waals surface area contributed by atoms with Crippen molar-refractivity contribution in [2.45, 2.75) is 25.9 Å². The summed E-state index contributed by atoms with van der Waals surface area (Å²) in [5, 5.41) is 0. The second kappa shape index (κ2) is 7.78. The number of hydrogen-bond acceptors (Lipinski definition) is 4. The van der Waals surface area contributed by atoms with Crippen LogP contribution in [0.4, 0.5) is 4.79 Å². The molecule has 1 aliphatic heterocycles. The van der Waals surface area contributed by atoms with Gasteiger partial charge in [-0.05, 0) is 6.42 Å². The topological polar surface area (TPSA) is 55.8 Å². The number of ketones is 1. The first kappa shape index (κ1) is 15.5. The number of ether oxygens (including phenoxy) is 2. The summed E-state index contributed by atoms with van der Waals surface area (Å²) < 4.78 is 10.7. The van der Waals surface area contributed by atoms with Crippen molar-refractivity contribution in [3.8, 4) is 0 Å². The summed E-state index contributed by atoms with van der Waals surface area (Å²) in [5.41, 5.74) is 0.601. The van der Waals surface area contributed by atoms with E-state index in [0.717, 1.165) is 12.8 Å². The van der Waals surface area contributed by atoms with E-state index in [1.54, 1.807) is 17.0 Å². The predicted octanol–water partition coefficient (Wildman–Crippen LogP) is 2.51. The maximum Gasteiger partial charge on any atom is 0.409 e. The average molecular weight is 291 g/mol. The van der Waals surface area contributed by atoms with Gasteiger partial charge in [0.1, 0.15) is 6.10 Å². The van der Waals surface area contributed by atoms with E-state index in [4.69, 9.17) is 9.47 Å². The molecule has 5 nitrogen and oxygen atoms in total. The molecule has 1 aliphatic rings. The predicted molar refractivity (Wildman–Crippen MR) is 78.3 cm³/mol. The lowest BCUT2D eigenvalue weighted by Gasteiger charge is -2.31. The van der Waals surface area contributed by atoms with Crippen molar-refractivity contribution in [1.29, 1.82) is 0 Å². The number of rotatable bonds is 5. The molecule has 0 aromatic heterocycles. The van der Waals surface area contributed by atoms with Gasteiger partial charge in [0.15, 0.2) is 5.78 Å². The summed E-state index contributed by atoms with van der Waals surface area (Å²) in [5.74, 6) is -0.0957. The van der Waals surface area contributed by atoms with Crippen LogP contribution in [-0.4, -0.2) is 49.2 Å². The third-order valence-electron chi connectivity index (χ3n) is 3.40. The fourth-order valence-corrected chi connectivity index (χ4v) is 2.16. The van der Waals surface area contributed by atoms with Crippen LogP contribution in [0.2, 0.25) is 0 Å². The van der Waals surface area contributed by atoms with Gasteiger partial charge in [-0.25, -0.2) is 4.79 Å². The highest BCUT2D eigenvalue weighted by atomic mass is 16.6. The second-order valence-corrected chi connectivity index (χ2v) is 5.00. The first-order valence-corrected chi connectivity index (χ1v) is 7.35. The van der Waals surface area contributed by atoms with Crippen molar-refractivity contribution < 1.29 is 19.1 Å². The molecule has 0 aliphatic carbocycles. The Morgan fingerprint density at radius 3 is 2.81 bits per heavy atom. The molecule has 2 rings (SSSR count). The monoisotopic (exact) mass is 291 g/mol. The Labute approximate surface area is 124 Å². The molecule has 0 N–H and O–H groups in total. The zero-order chi connectivity index (χ0) is 15.1. The van der Waals surface area contributed by atoms with Gasteiger partial charge in [0, 0.05) is 12.1 Å². The van der Waals surface area contributed by atoms with Gasteiger partial charge in [-0.2, -0.15) is 0 Å². The van der Waals surface area contributed by atoms with Crippen LogP contribution in [0.15, 0.2) is 30.3 Å². The highest BCUT2D eigenvalue weighted by Crippen LogP contribution is 2.13. The van der Waals surface area contributed by atoms with E-state index in [9.17, 15) is 9.59 Å². The van der Waals surface area contributed by atoms with Gasteiger partial charge in [0.2, 0.25) is 0 Å². The van der Waals surface area contributed by atoms with Gasteiger partial charge in [-0.15, -0.1) is 0 Å². The molecule has 0 radical (unpaired) electrons. The maximum absolute atomic E-state index is 12.3.